The maximum atomic E-state index is 13.7. The van der Waals surface area contributed by atoms with Gasteiger partial charge in [0.1, 0.15) is 6.61 Å². The number of para-hydroxylation sites is 1. The van der Waals surface area contributed by atoms with Crippen molar-refractivity contribution in [2.75, 3.05) is 33.4 Å². The van der Waals surface area contributed by atoms with E-state index >= 15 is 0 Å². The monoisotopic (exact) mass is 472 g/mol. The quantitative estimate of drug-likeness (QED) is 0.409. The van der Waals surface area contributed by atoms with Gasteiger partial charge in [-0.1, -0.05) is 18.2 Å². The standard InChI is InChI=1S/C27H28N4O4/c1-33-25-9-4-8-23(26(25)35-19-22-7-2-3-11-28-22)27(32)30-14-15-34-18-20(17-30)16-21-6-5-13-31-24(21)10-12-29-31/h2-13,20H,14-19H2,1H3/t20-/m0/s1. The van der Waals surface area contributed by atoms with Gasteiger partial charge in [0.05, 0.1) is 37.1 Å². The van der Waals surface area contributed by atoms with Gasteiger partial charge in [0.15, 0.2) is 11.5 Å². The first-order valence-corrected chi connectivity index (χ1v) is 11.7. The summed E-state index contributed by atoms with van der Waals surface area (Å²) in [6.07, 6.45) is 6.25. The van der Waals surface area contributed by atoms with E-state index in [9.17, 15) is 4.79 Å². The molecule has 35 heavy (non-hydrogen) atoms. The summed E-state index contributed by atoms with van der Waals surface area (Å²) in [6, 6.07) is 17.2. The van der Waals surface area contributed by atoms with Crippen LogP contribution in [0, 0.1) is 5.92 Å². The van der Waals surface area contributed by atoms with Crippen LogP contribution >= 0.6 is 0 Å². The van der Waals surface area contributed by atoms with Crippen molar-refractivity contribution in [3.8, 4) is 11.5 Å². The molecule has 180 valence electrons. The third-order valence-corrected chi connectivity index (χ3v) is 6.18. The zero-order valence-electron chi connectivity index (χ0n) is 19.7. The molecule has 5 rings (SSSR count). The number of ether oxygens (including phenoxy) is 3. The molecule has 1 aliphatic rings. The molecule has 0 N–H and O–H groups in total. The van der Waals surface area contributed by atoms with Crippen molar-refractivity contribution in [1.82, 2.24) is 19.5 Å². The van der Waals surface area contributed by atoms with Crippen molar-refractivity contribution in [3.63, 3.8) is 0 Å². The molecule has 8 heteroatoms. The molecule has 1 fully saturated rings. The second kappa shape index (κ2) is 10.6. The number of hydrogen-bond donors (Lipinski definition) is 0. The first-order valence-electron chi connectivity index (χ1n) is 11.7. The van der Waals surface area contributed by atoms with Crippen molar-refractivity contribution in [1.29, 1.82) is 0 Å². The highest BCUT2D eigenvalue weighted by molar-refractivity contribution is 5.97. The lowest BCUT2D eigenvalue weighted by Crippen LogP contribution is -2.36. The van der Waals surface area contributed by atoms with E-state index in [4.69, 9.17) is 14.2 Å². The molecule has 0 unspecified atom stereocenters. The van der Waals surface area contributed by atoms with Crippen LogP contribution in [0.4, 0.5) is 0 Å². The molecular formula is C27H28N4O4. The second-order valence-electron chi connectivity index (χ2n) is 8.54. The molecule has 0 aliphatic carbocycles. The van der Waals surface area contributed by atoms with Crippen molar-refractivity contribution in [2.24, 2.45) is 5.92 Å². The molecule has 0 saturated carbocycles. The Kier molecular flexibility index (Phi) is 6.90. The highest BCUT2D eigenvalue weighted by Gasteiger charge is 2.27. The minimum absolute atomic E-state index is 0.0991. The molecule has 4 aromatic rings. The Hall–Kier alpha value is -3.91. The fourth-order valence-electron chi connectivity index (χ4n) is 4.48. The number of pyridine rings is 2. The Bertz CT molecular complexity index is 1290. The van der Waals surface area contributed by atoms with Crippen LogP contribution in [0.3, 0.4) is 0 Å². The summed E-state index contributed by atoms with van der Waals surface area (Å²) in [5, 5.41) is 4.33. The number of benzene rings is 1. The molecule has 0 radical (unpaired) electrons. The van der Waals surface area contributed by atoms with E-state index in [1.54, 1.807) is 31.6 Å². The molecule has 1 atom stereocenters. The summed E-state index contributed by atoms with van der Waals surface area (Å²) in [5.74, 6) is 1.00. The van der Waals surface area contributed by atoms with Gasteiger partial charge in [-0.2, -0.15) is 5.10 Å². The summed E-state index contributed by atoms with van der Waals surface area (Å²) in [4.78, 5) is 19.9. The molecule has 4 heterocycles. The van der Waals surface area contributed by atoms with Gasteiger partial charge in [-0.3, -0.25) is 9.78 Å². The number of fused-ring (bicyclic) bond motifs is 1. The summed E-state index contributed by atoms with van der Waals surface area (Å²) < 4.78 is 19.4. The molecule has 1 aliphatic heterocycles. The largest absolute Gasteiger partial charge is 0.493 e. The SMILES string of the molecule is COc1cccc(C(=O)N2CCOC[C@@H](Cc3cccn4nccc34)C2)c1OCc1ccccn1. The highest BCUT2D eigenvalue weighted by atomic mass is 16.5. The van der Waals surface area contributed by atoms with Crippen LogP contribution in [-0.4, -0.2) is 58.8 Å². The number of methoxy groups -OCH3 is 1. The number of carbonyl (C=O) groups is 1. The highest BCUT2D eigenvalue weighted by Crippen LogP contribution is 2.33. The number of aromatic nitrogens is 3. The van der Waals surface area contributed by atoms with Gasteiger partial charge in [0.2, 0.25) is 0 Å². The third kappa shape index (κ3) is 5.12. The first-order chi connectivity index (χ1) is 17.2. The van der Waals surface area contributed by atoms with Crippen LogP contribution in [0.5, 0.6) is 11.5 Å². The van der Waals surface area contributed by atoms with Crippen molar-refractivity contribution < 1.29 is 19.0 Å². The Balaban J connectivity index is 1.36. The average Bonchev–Trinajstić information content (AvgIpc) is 3.27. The Morgan fingerprint density at radius 1 is 1.11 bits per heavy atom. The van der Waals surface area contributed by atoms with E-state index in [1.165, 1.54) is 5.56 Å². The summed E-state index contributed by atoms with van der Waals surface area (Å²) in [7, 11) is 1.57. The normalized spacial score (nSPS) is 16.1. The molecule has 1 saturated heterocycles. The van der Waals surface area contributed by atoms with Gasteiger partial charge >= 0.3 is 0 Å². The fourth-order valence-corrected chi connectivity index (χ4v) is 4.48. The van der Waals surface area contributed by atoms with Gasteiger partial charge in [-0.15, -0.1) is 0 Å². The molecule has 3 aromatic heterocycles. The number of hydrogen-bond acceptors (Lipinski definition) is 6. The maximum absolute atomic E-state index is 13.7. The number of rotatable bonds is 7. The summed E-state index contributed by atoms with van der Waals surface area (Å²) in [5.41, 5.74) is 3.51. The first kappa shape index (κ1) is 22.9. The van der Waals surface area contributed by atoms with Gasteiger partial charge in [-0.25, -0.2) is 4.52 Å². The zero-order chi connectivity index (χ0) is 24.0. The van der Waals surface area contributed by atoms with E-state index in [-0.39, 0.29) is 18.4 Å². The summed E-state index contributed by atoms with van der Waals surface area (Å²) in [6.45, 7) is 2.43. The van der Waals surface area contributed by atoms with Crippen LogP contribution in [0.15, 0.2) is 73.2 Å². The lowest BCUT2D eigenvalue weighted by atomic mass is 9.99. The minimum Gasteiger partial charge on any atom is -0.493 e. The fraction of sp³-hybridized carbons (Fsp3) is 0.296. The number of carbonyl (C=O) groups excluding carboxylic acids is 1. The molecule has 8 nitrogen and oxygen atoms in total. The van der Waals surface area contributed by atoms with Crippen LogP contribution in [0.25, 0.3) is 5.52 Å². The van der Waals surface area contributed by atoms with E-state index < -0.39 is 0 Å². The van der Waals surface area contributed by atoms with Gasteiger partial charge in [0, 0.05) is 37.6 Å². The number of nitrogens with zero attached hydrogens (tertiary/aromatic N) is 4. The molecule has 0 bridgehead atoms. The third-order valence-electron chi connectivity index (χ3n) is 6.18. The molecule has 1 aromatic carbocycles. The molecule has 0 spiro atoms. The second-order valence-corrected chi connectivity index (χ2v) is 8.54. The topological polar surface area (TPSA) is 78.2 Å². The Morgan fingerprint density at radius 2 is 2.06 bits per heavy atom. The summed E-state index contributed by atoms with van der Waals surface area (Å²) >= 11 is 0. The minimum atomic E-state index is -0.0991. The predicted molar refractivity (Wildman–Crippen MR) is 131 cm³/mol. The Labute approximate surface area is 204 Å². The maximum Gasteiger partial charge on any atom is 0.257 e. The van der Waals surface area contributed by atoms with Crippen LogP contribution in [-0.2, 0) is 17.8 Å². The van der Waals surface area contributed by atoms with Crippen molar-refractivity contribution in [3.05, 3.63) is 90.0 Å². The van der Waals surface area contributed by atoms with Crippen molar-refractivity contribution in [2.45, 2.75) is 13.0 Å². The lowest BCUT2D eigenvalue weighted by Gasteiger charge is -2.25. The van der Waals surface area contributed by atoms with Gasteiger partial charge in [0.25, 0.3) is 5.91 Å². The number of amides is 1. The van der Waals surface area contributed by atoms with Crippen LogP contribution in [0.2, 0.25) is 0 Å². The van der Waals surface area contributed by atoms with Crippen molar-refractivity contribution >= 4 is 11.4 Å². The zero-order valence-corrected chi connectivity index (χ0v) is 19.7. The van der Waals surface area contributed by atoms with Gasteiger partial charge < -0.3 is 19.1 Å². The lowest BCUT2D eigenvalue weighted by molar-refractivity contribution is 0.0731. The van der Waals surface area contributed by atoms with E-state index in [1.807, 2.05) is 52.0 Å². The molecular weight excluding hydrogens is 444 g/mol. The average molecular weight is 473 g/mol. The van der Waals surface area contributed by atoms with E-state index in [2.05, 4.69) is 16.1 Å². The van der Waals surface area contributed by atoms with Gasteiger partial charge in [-0.05, 0) is 48.4 Å². The Morgan fingerprint density at radius 3 is 2.91 bits per heavy atom. The predicted octanol–water partition coefficient (Wildman–Crippen LogP) is 3.65. The van der Waals surface area contributed by atoms with E-state index in [0.717, 1.165) is 17.6 Å². The van der Waals surface area contributed by atoms with Crippen LogP contribution < -0.4 is 9.47 Å². The smallest absolute Gasteiger partial charge is 0.257 e. The van der Waals surface area contributed by atoms with E-state index in [0.29, 0.717) is 43.4 Å². The molecule has 1 amide bonds. The van der Waals surface area contributed by atoms with Crippen LogP contribution in [0.1, 0.15) is 21.6 Å².